The number of aromatic nitrogens is 2. The maximum atomic E-state index is 14.4. The lowest BCUT2D eigenvalue weighted by Gasteiger charge is -2.05. The summed E-state index contributed by atoms with van der Waals surface area (Å²) in [5.41, 5.74) is 3.12. The van der Waals surface area contributed by atoms with Gasteiger partial charge in [-0.05, 0) is 30.7 Å². The zero-order chi connectivity index (χ0) is 16.4. The Hall–Kier alpha value is -2.71. The van der Waals surface area contributed by atoms with E-state index in [-0.39, 0.29) is 11.9 Å². The van der Waals surface area contributed by atoms with Crippen LogP contribution in [0.25, 0.3) is 22.2 Å². The lowest BCUT2D eigenvalue weighted by atomic mass is 10.0. The molecule has 0 amide bonds. The predicted octanol–water partition coefficient (Wildman–Crippen LogP) is 3.82. The molecule has 3 rings (SSSR count). The van der Waals surface area contributed by atoms with Crippen molar-refractivity contribution in [2.24, 2.45) is 0 Å². The molecule has 1 atom stereocenters. The first-order valence-corrected chi connectivity index (χ1v) is 7.32. The minimum absolute atomic E-state index is 0.0402. The van der Waals surface area contributed by atoms with Crippen LogP contribution in [0.5, 0.6) is 0 Å². The van der Waals surface area contributed by atoms with Crippen LogP contribution in [0.1, 0.15) is 18.3 Å². The number of imidazole rings is 1. The number of halogens is 1. The summed E-state index contributed by atoms with van der Waals surface area (Å²) in [6.07, 6.45) is 0.678. The molecular formula is C18H16FN3O. The van der Waals surface area contributed by atoms with Crippen molar-refractivity contribution in [3.63, 3.8) is 0 Å². The van der Waals surface area contributed by atoms with Crippen LogP contribution in [0, 0.1) is 17.1 Å². The van der Waals surface area contributed by atoms with Crippen LogP contribution in [0.4, 0.5) is 4.39 Å². The van der Waals surface area contributed by atoms with Gasteiger partial charge >= 0.3 is 0 Å². The quantitative estimate of drug-likeness (QED) is 0.797. The van der Waals surface area contributed by atoms with Gasteiger partial charge in [-0.3, -0.25) is 0 Å². The Kier molecular flexibility index (Phi) is 4.09. The van der Waals surface area contributed by atoms with E-state index >= 15 is 0 Å². The minimum Gasteiger partial charge on any atom is -0.381 e. The summed E-state index contributed by atoms with van der Waals surface area (Å²) in [7, 11) is 1.65. The molecule has 3 aromatic rings. The van der Waals surface area contributed by atoms with E-state index in [0.717, 1.165) is 11.4 Å². The second-order valence-corrected chi connectivity index (χ2v) is 5.47. The second-order valence-electron chi connectivity index (χ2n) is 5.47. The van der Waals surface area contributed by atoms with E-state index in [1.54, 1.807) is 37.4 Å². The van der Waals surface area contributed by atoms with Crippen molar-refractivity contribution in [1.82, 2.24) is 9.97 Å². The molecule has 1 aromatic heterocycles. The summed E-state index contributed by atoms with van der Waals surface area (Å²) < 4.78 is 19.6. The summed E-state index contributed by atoms with van der Waals surface area (Å²) >= 11 is 0. The summed E-state index contributed by atoms with van der Waals surface area (Å²) in [6, 6.07) is 12.1. The third kappa shape index (κ3) is 3.08. The topological polar surface area (TPSA) is 61.7 Å². The number of H-pyrrole nitrogens is 1. The molecule has 0 unspecified atom stereocenters. The fraction of sp³-hybridized carbons (Fsp3) is 0.222. The van der Waals surface area contributed by atoms with Crippen molar-refractivity contribution in [1.29, 1.82) is 5.26 Å². The van der Waals surface area contributed by atoms with Gasteiger partial charge in [0.05, 0.1) is 28.8 Å². The van der Waals surface area contributed by atoms with Gasteiger partial charge in [0, 0.05) is 25.2 Å². The van der Waals surface area contributed by atoms with Gasteiger partial charge in [0.25, 0.3) is 0 Å². The number of nitrogens with one attached hydrogen (secondary N) is 1. The number of rotatable bonds is 4. The molecule has 116 valence electrons. The van der Waals surface area contributed by atoms with Gasteiger partial charge in [-0.2, -0.15) is 5.26 Å². The minimum atomic E-state index is -0.322. The fourth-order valence-electron chi connectivity index (χ4n) is 2.48. The normalized spacial score (nSPS) is 12.3. The maximum Gasteiger partial charge on any atom is 0.133 e. The highest BCUT2D eigenvalue weighted by molar-refractivity contribution is 5.82. The van der Waals surface area contributed by atoms with Crippen LogP contribution in [0.15, 0.2) is 36.4 Å². The van der Waals surface area contributed by atoms with E-state index in [1.807, 2.05) is 6.92 Å². The molecule has 5 heteroatoms. The van der Waals surface area contributed by atoms with Crippen LogP contribution in [0.2, 0.25) is 0 Å². The SMILES string of the molecule is CO[C@H](C)Cc1nc2cc(-c3ccc(C#N)cc3)c(F)cc2[nH]1. The first kappa shape index (κ1) is 15.2. The Balaban J connectivity index is 2.01. The Morgan fingerprint density at radius 1 is 1.30 bits per heavy atom. The first-order valence-electron chi connectivity index (χ1n) is 7.32. The molecule has 0 bridgehead atoms. The van der Waals surface area contributed by atoms with E-state index in [9.17, 15) is 4.39 Å². The summed E-state index contributed by atoms with van der Waals surface area (Å²) in [5.74, 6) is 0.447. The molecule has 1 N–H and O–H groups in total. The zero-order valence-electron chi connectivity index (χ0n) is 12.9. The summed E-state index contributed by atoms with van der Waals surface area (Å²) in [4.78, 5) is 7.63. The van der Waals surface area contributed by atoms with Crippen LogP contribution >= 0.6 is 0 Å². The van der Waals surface area contributed by atoms with Gasteiger partial charge in [0.1, 0.15) is 11.6 Å². The van der Waals surface area contributed by atoms with E-state index in [2.05, 4.69) is 16.0 Å². The number of nitrogens with zero attached hydrogens (tertiary/aromatic N) is 2. The summed E-state index contributed by atoms with van der Waals surface area (Å²) in [6.45, 7) is 1.95. The van der Waals surface area contributed by atoms with Gasteiger partial charge in [0.15, 0.2) is 0 Å². The molecule has 0 saturated carbocycles. The number of ether oxygens (including phenoxy) is 1. The van der Waals surface area contributed by atoms with Gasteiger partial charge in [0.2, 0.25) is 0 Å². The smallest absolute Gasteiger partial charge is 0.133 e. The van der Waals surface area contributed by atoms with Crippen molar-refractivity contribution in [3.05, 3.63) is 53.6 Å². The molecule has 0 saturated heterocycles. The fourth-order valence-corrected chi connectivity index (χ4v) is 2.48. The lowest BCUT2D eigenvalue weighted by Crippen LogP contribution is -2.09. The molecule has 2 aromatic carbocycles. The molecule has 23 heavy (non-hydrogen) atoms. The average molecular weight is 309 g/mol. The highest BCUT2D eigenvalue weighted by Crippen LogP contribution is 2.27. The second kappa shape index (κ2) is 6.19. The van der Waals surface area contributed by atoms with Crippen LogP contribution < -0.4 is 0 Å². The lowest BCUT2D eigenvalue weighted by molar-refractivity contribution is 0.117. The Morgan fingerprint density at radius 3 is 2.70 bits per heavy atom. The van der Waals surface area contributed by atoms with E-state index < -0.39 is 0 Å². The number of benzene rings is 2. The van der Waals surface area contributed by atoms with Crippen LogP contribution in [-0.2, 0) is 11.2 Å². The maximum absolute atomic E-state index is 14.4. The molecule has 1 heterocycles. The largest absolute Gasteiger partial charge is 0.381 e. The predicted molar refractivity (Wildman–Crippen MR) is 86.4 cm³/mol. The Morgan fingerprint density at radius 2 is 2.04 bits per heavy atom. The van der Waals surface area contributed by atoms with Crippen molar-refractivity contribution < 1.29 is 9.13 Å². The monoisotopic (exact) mass is 309 g/mol. The van der Waals surface area contributed by atoms with E-state index in [4.69, 9.17) is 10.00 Å². The highest BCUT2D eigenvalue weighted by Gasteiger charge is 2.12. The number of hydrogen-bond acceptors (Lipinski definition) is 3. The van der Waals surface area contributed by atoms with E-state index in [0.29, 0.717) is 28.6 Å². The first-order chi connectivity index (χ1) is 11.1. The average Bonchev–Trinajstić information content (AvgIpc) is 2.95. The zero-order valence-corrected chi connectivity index (χ0v) is 12.9. The van der Waals surface area contributed by atoms with Gasteiger partial charge in [-0.25, -0.2) is 9.37 Å². The molecule has 0 radical (unpaired) electrons. The number of aromatic amines is 1. The molecule has 0 aliphatic heterocycles. The molecular weight excluding hydrogens is 293 g/mol. The van der Waals surface area contributed by atoms with Crippen LogP contribution in [-0.4, -0.2) is 23.2 Å². The highest BCUT2D eigenvalue weighted by atomic mass is 19.1. The number of fused-ring (bicyclic) bond motifs is 1. The van der Waals surface area contributed by atoms with Gasteiger partial charge in [-0.1, -0.05) is 12.1 Å². The summed E-state index contributed by atoms with van der Waals surface area (Å²) in [5, 5.41) is 8.84. The molecule has 0 spiro atoms. The molecule has 0 aliphatic carbocycles. The molecule has 0 fully saturated rings. The molecule has 0 aliphatic rings. The van der Waals surface area contributed by atoms with Crippen molar-refractivity contribution >= 4 is 11.0 Å². The van der Waals surface area contributed by atoms with E-state index in [1.165, 1.54) is 6.07 Å². The molecule has 4 nitrogen and oxygen atoms in total. The Bertz CT molecular complexity index is 878. The number of methoxy groups -OCH3 is 1. The third-order valence-electron chi connectivity index (χ3n) is 3.83. The number of nitriles is 1. The van der Waals surface area contributed by atoms with Gasteiger partial charge < -0.3 is 9.72 Å². The van der Waals surface area contributed by atoms with Gasteiger partial charge in [-0.15, -0.1) is 0 Å². The standard InChI is InChI=1S/C18H16FN3O/c1-11(23-2)7-18-21-16-8-14(15(19)9-17(16)22-18)13-5-3-12(10-20)4-6-13/h3-6,8-9,11H,7H2,1-2H3,(H,21,22)/t11-/m1/s1. The number of hydrogen-bond donors (Lipinski definition) is 1. The van der Waals surface area contributed by atoms with Crippen molar-refractivity contribution in [2.45, 2.75) is 19.4 Å². The van der Waals surface area contributed by atoms with Crippen molar-refractivity contribution in [3.8, 4) is 17.2 Å². The third-order valence-corrected chi connectivity index (χ3v) is 3.83. The Labute approximate surface area is 133 Å². The van der Waals surface area contributed by atoms with Crippen molar-refractivity contribution in [2.75, 3.05) is 7.11 Å². The van der Waals surface area contributed by atoms with Crippen LogP contribution in [0.3, 0.4) is 0 Å².